The molecule has 13 nitrogen and oxygen atoms in total. The third-order valence-corrected chi connectivity index (χ3v) is 7.14. The first-order valence-corrected chi connectivity index (χ1v) is 12.7. The molecular formula is C26H24F3N5O8. The zero-order chi connectivity index (χ0) is 30.3. The van der Waals surface area contributed by atoms with Gasteiger partial charge in [0, 0.05) is 19.6 Å². The number of nitrogens with zero attached hydrogens (tertiary/aromatic N) is 4. The number of carboxylic acids is 2. The quantitative estimate of drug-likeness (QED) is 0.353. The molecule has 42 heavy (non-hydrogen) atoms. The third kappa shape index (κ3) is 5.34. The molecule has 0 aliphatic carbocycles. The van der Waals surface area contributed by atoms with Crippen molar-refractivity contribution >= 4 is 40.5 Å². The van der Waals surface area contributed by atoms with Crippen molar-refractivity contribution in [2.24, 2.45) is 0 Å². The molecule has 0 spiro atoms. The number of nitrogens with one attached hydrogen (secondary N) is 1. The van der Waals surface area contributed by atoms with Crippen LogP contribution in [0.25, 0.3) is 10.9 Å². The fourth-order valence-corrected chi connectivity index (χ4v) is 5.20. The van der Waals surface area contributed by atoms with E-state index < -0.39 is 47.8 Å². The SMILES string of the molecule is O=C(O)c1cc(C(=O)O)c2c(c1)c(=O)n1n2CCN(c2ccc(CN3C[C@H](CNC(=O)C(F)F)OC3=O)cc2F)CC1. The molecule has 1 atom stereocenters. The van der Waals surface area contributed by atoms with Gasteiger partial charge in [-0.1, -0.05) is 6.07 Å². The number of rotatable bonds is 8. The van der Waals surface area contributed by atoms with Gasteiger partial charge in [-0.3, -0.25) is 14.3 Å². The lowest BCUT2D eigenvalue weighted by Crippen LogP contribution is -2.37. The molecule has 0 saturated carbocycles. The summed E-state index contributed by atoms with van der Waals surface area (Å²) < 4.78 is 47.9. The second-order valence-electron chi connectivity index (χ2n) is 9.79. The first-order valence-electron chi connectivity index (χ1n) is 12.7. The van der Waals surface area contributed by atoms with E-state index in [2.05, 4.69) is 0 Å². The fourth-order valence-electron chi connectivity index (χ4n) is 5.20. The molecule has 3 heterocycles. The first kappa shape index (κ1) is 28.5. The van der Waals surface area contributed by atoms with Crippen LogP contribution < -0.4 is 15.8 Å². The van der Waals surface area contributed by atoms with Crippen LogP contribution in [-0.4, -0.2) is 87.1 Å². The number of fused-ring (bicyclic) bond motifs is 3. The van der Waals surface area contributed by atoms with Crippen LogP contribution in [0, 0.1) is 5.82 Å². The monoisotopic (exact) mass is 591 g/mol. The highest BCUT2D eigenvalue weighted by Gasteiger charge is 2.32. The number of alkyl halides is 2. The van der Waals surface area contributed by atoms with Crippen LogP contribution in [0.2, 0.25) is 0 Å². The van der Waals surface area contributed by atoms with Crippen LogP contribution in [0.4, 0.5) is 23.7 Å². The zero-order valence-electron chi connectivity index (χ0n) is 21.8. The maximum Gasteiger partial charge on any atom is 0.410 e. The van der Waals surface area contributed by atoms with Crippen molar-refractivity contribution in [2.45, 2.75) is 32.2 Å². The maximum atomic E-state index is 15.3. The van der Waals surface area contributed by atoms with Gasteiger partial charge in [-0.15, -0.1) is 0 Å². The number of cyclic esters (lactones) is 1. The third-order valence-electron chi connectivity index (χ3n) is 7.14. The minimum atomic E-state index is -3.19. The predicted molar refractivity (Wildman–Crippen MR) is 138 cm³/mol. The fraction of sp³-hybridized carbons (Fsp3) is 0.346. The summed E-state index contributed by atoms with van der Waals surface area (Å²) in [6, 6.07) is 6.49. The van der Waals surface area contributed by atoms with Gasteiger partial charge in [0.15, 0.2) is 0 Å². The van der Waals surface area contributed by atoms with Crippen LogP contribution in [-0.2, 0) is 29.2 Å². The van der Waals surface area contributed by atoms with E-state index in [1.165, 1.54) is 26.4 Å². The zero-order valence-corrected chi connectivity index (χ0v) is 21.8. The van der Waals surface area contributed by atoms with Crippen molar-refractivity contribution in [3.05, 3.63) is 63.2 Å². The highest BCUT2D eigenvalue weighted by molar-refractivity contribution is 6.05. The number of halogens is 3. The van der Waals surface area contributed by atoms with Crippen LogP contribution in [0.15, 0.2) is 35.1 Å². The summed E-state index contributed by atoms with van der Waals surface area (Å²) in [6.45, 7) is 0.247. The van der Waals surface area contributed by atoms with E-state index in [1.807, 2.05) is 5.32 Å². The summed E-state index contributed by atoms with van der Waals surface area (Å²) >= 11 is 0. The Morgan fingerprint density at radius 3 is 2.36 bits per heavy atom. The Kier molecular flexibility index (Phi) is 7.53. The molecule has 0 unspecified atom stereocenters. The van der Waals surface area contributed by atoms with E-state index >= 15 is 4.39 Å². The minimum Gasteiger partial charge on any atom is -0.478 e. The Morgan fingerprint density at radius 1 is 1.00 bits per heavy atom. The van der Waals surface area contributed by atoms with Gasteiger partial charge in [-0.25, -0.2) is 23.5 Å². The normalized spacial score (nSPS) is 16.9. The highest BCUT2D eigenvalue weighted by atomic mass is 19.3. The van der Waals surface area contributed by atoms with Gasteiger partial charge < -0.3 is 30.1 Å². The van der Waals surface area contributed by atoms with Crippen molar-refractivity contribution in [2.75, 3.05) is 31.1 Å². The van der Waals surface area contributed by atoms with Gasteiger partial charge in [0.05, 0.1) is 53.9 Å². The van der Waals surface area contributed by atoms with Crippen LogP contribution in [0.1, 0.15) is 26.3 Å². The summed E-state index contributed by atoms with van der Waals surface area (Å²) in [5.41, 5.74) is -0.487. The second-order valence-corrected chi connectivity index (χ2v) is 9.79. The smallest absolute Gasteiger partial charge is 0.410 e. The van der Waals surface area contributed by atoms with E-state index in [0.717, 1.165) is 12.1 Å². The van der Waals surface area contributed by atoms with E-state index in [1.54, 1.807) is 11.0 Å². The first-order chi connectivity index (χ1) is 19.9. The van der Waals surface area contributed by atoms with E-state index in [9.17, 15) is 43.0 Å². The number of aromatic carboxylic acids is 2. The number of hydrogen-bond donors (Lipinski definition) is 3. The Morgan fingerprint density at radius 2 is 1.71 bits per heavy atom. The average molecular weight is 591 g/mol. The molecule has 2 aromatic carbocycles. The summed E-state index contributed by atoms with van der Waals surface area (Å²) in [5.74, 6) is -4.84. The largest absolute Gasteiger partial charge is 0.478 e. The van der Waals surface area contributed by atoms with Gasteiger partial charge in [-0.2, -0.15) is 8.78 Å². The molecule has 2 aliphatic rings. The number of carbonyl (C=O) groups excluding carboxylic acids is 2. The van der Waals surface area contributed by atoms with Crippen molar-refractivity contribution in [1.82, 2.24) is 19.6 Å². The number of aromatic nitrogens is 2. The molecule has 16 heteroatoms. The molecule has 5 rings (SSSR count). The van der Waals surface area contributed by atoms with Crippen LogP contribution >= 0.6 is 0 Å². The molecule has 1 saturated heterocycles. The number of anilines is 1. The van der Waals surface area contributed by atoms with Gasteiger partial charge in [0.25, 0.3) is 11.5 Å². The standard InChI is InChI=1S/C26H24F3N5O8/c27-18-7-13(11-32-12-15(42-26(32)41)10-30-22(35)21(28)29)1-2-19(18)31-3-5-33-20-16(23(36)34(33)6-4-31)8-14(24(37)38)9-17(20)25(39)40/h1-2,7-9,15,21H,3-6,10-12H2,(H,30,35)(H,37,38)(H,39,40)/t15-/m0/s1. The number of hydrogen-bond acceptors (Lipinski definition) is 7. The summed E-state index contributed by atoms with van der Waals surface area (Å²) in [5, 5.41) is 21.0. The van der Waals surface area contributed by atoms with Crippen molar-refractivity contribution in [3.63, 3.8) is 0 Å². The number of ether oxygens (including phenoxy) is 1. The Bertz CT molecular complexity index is 1670. The Balaban J connectivity index is 1.30. The van der Waals surface area contributed by atoms with Crippen molar-refractivity contribution < 1.29 is 47.3 Å². The molecule has 0 bridgehead atoms. The molecule has 3 N–H and O–H groups in total. The van der Waals surface area contributed by atoms with Crippen molar-refractivity contribution in [3.8, 4) is 0 Å². The Hall–Kier alpha value is -5.02. The highest BCUT2D eigenvalue weighted by Crippen LogP contribution is 2.26. The van der Waals surface area contributed by atoms with Gasteiger partial charge >= 0.3 is 24.5 Å². The number of carboxylic acid groups (broad SMARTS) is 2. The second kappa shape index (κ2) is 11.1. The lowest BCUT2D eigenvalue weighted by molar-refractivity contribution is -0.132. The average Bonchev–Trinajstić information content (AvgIpc) is 3.31. The lowest BCUT2D eigenvalue weighted by atomic mass is 10.1. The molecule has 3 aromatic rings. The Labute approximate surface area is 234 Å². The summed E-state index contributed by atoms with van der Waals surface area (Å²) in [6.07, 6.45) is -4.77. The van der Waals surface area contributed by atoms with Gasteiger partial charge in [0.2, 0.25) is 0 Å². The van der Waals surface area contributed by atoms with Crippen LogP contribution in [0.3, 0.4) is 0 Å². The molecular weight excluding hydrogens is 567 g/mol. The van der Waals surface area contributed by atoms with E-state index in [0.29, 0.717) is 5.56 Å². The molecule has 2 amide bonds. The molecule has 1 fully saturated rings. The molecule has 222 valence electrons. The summed E-state index contributed by atoms with van der Waals surface area (Å²) in [7, 11) is 0. The van der Waals surface area contributed by atoms with Gasteiger partial charge in [0.1, 0.15) is 11.9 Å². The maximum absolute atomic E-state index is 15.3. The number of carbonyl (C=O) groups is 4. The molecule has 1 aromatic heterocycles. The van der Waals surface area contributed by atoms with Gasteiger partial charge in [-0.05, 0) is 29.8 Å². The van der Waals surface area contributed by atoms with Crippen LogP contribution in [0.5, 0.6) is 0 Å². The number of benzene rings is 2. The molecule has 0 radical (unpaired) electrons. The lowest BCUT2D eigenvalue weighted by Gasteiger charge is -2.23. The minimum absolute atomic E-state index is 0.00527. The predicted octanol–water partition coefficient (Wildman–Crippen LogP) is 1.56. The molecule has 2 aliphatic heterocycles. The van der Waals surface area contributed by atoms with E-state index in [-0.39, 0.29) is 73.5 Å². The number of amides is 2. The topological polar surface area (TPSA) is 163 Å². The van der Waals surface area contributed by atoms with Crippen molar-refractivity contribution in [1.29, 1.82) is 0 Å². The summed E-state index contributed by atoms with van der Waals surface area (Å²) in [4.78, 5) is 62.7. The van der Waals surface area contributed by atoms with E-state index in [4.69, 9.17) is 4.74 Å².